The molecule has 0 aliphatic heterocycles. The van der Waals surface area contributed by atoms with Gasteiger partial charge in [-0.1, -0.05) is 64.7 Å². The number of unbranched alkanes of at least 4 members (excludes halogenated alkanes) is 9. The maximum atomic E-state index is 8.93. The van der Waals surface area contributed by atoms with Crippen LogP contribution >= 0.6 is 0 Å². The Morgan fingerprint density at radius 1 is 0.824 bits per heavy atom. The van der Waals surface area contributed by atoms with E-state index in [0.717, 1.165) is 12.8 Å². The van der Waals surface area contributed by atoms with Crippen LogP contribution in [-0.2, 0) is 4.74 Å². The smallest absolute Gasteiger partial charge is 0.177 e. The average Bonchev–Trinajstić information content (AvgIpc) is 2.35. The molecule has 1 unspecified atom stereocenters. The summed E-state index contributed by atoms with van der Waals surface area (Å²) in [5.41, 5.74) is 0. The van der Waals surface area contributed by atoms with Gasteiger partial charge in [-0.05, 0) is 6.42 Å². The summed E-state index contributed by atoms with van der Waals surface area (Å²) in [7, 11) is 0. The summed E-state index contributed by atoms with van der Waals surface area (Å²) in [4.78, 5) is 0. The lowest BCUT2D eigenvalue weighted by atomic mass is 10.1. The number of aliphatic hydroxyl groups is 2. The van der Waals surface area contributed by atoms with Crippen molar-refractivity contribution in [2.45, 2.75) is 77.4 Å². The van der Waals surface area contributed by atoms with Crippen LogP contribution in [0.15, 0.2) is 0 Å². The lowest BCUT2D eigenvalue weighted by Gasteiger charge is -2.08. The van der Waals surface area contributed by atoms with Crippen LogP contribution in [-0.4, -0.2) is 29.7 Å². The molecule has 0 aromatic heterocycles. The molecule has 0 spiro atoms. The molecule has 104 valence electrons. The molecule has 0 aliphatic rings. The minimum absolute atomic E-state index is 0.308. The summed E-state index contributed by atoms with van der Waals surface area (Å²) in [5, 5.41) is 17.5. The molecule has 0 bridgehead atoms. The largest absolute Gasteiger partial charge is 0.391 e. The minimum atomic E-state index is -0.992. The van der Waals surface area contributed by atoms with E-state index in [1.807, 2.05) is 0 Å². The summed E-state index contributed by atoms with van der Waals surface area (Å²) in [6.07, 6.45) is 11.9. The first-order chi connectivity index (χ1) is 8.31. The summed E-state index contributed by atoms with van der Waals surface area (Å²) in [6, 6.07) is 0. The van der Waals surface area contributed by atoms with Crippen LogP contribution in [0, 0.1) is 0 Å². The quantitative estimate of drug-likeness (QED) is 0.387. The molecule has 2 N–H and O–H groups in total. The highest BCUT2D eigenvalue weighted by Gasteiger charge is 1.99. The molecule has 0 aromatic carbocycles. The molecule has 0 amide bonds. The molecule has 3 nitrogen and oxygen atoms in total. The van der Waals surface area contributed by atoms with Crippen molar-refractivity contribution >= 4 is 0 Å². The lowest BCUT2D eigenvalue weighted by molar-refractivity contribution is -0.125. The van der Waals surface area contributed by atoms with E-state index >= 15 is 0 Å². The molecule has 0 saturated carbocycles. The Morgan fingerprint density at radius 3 is 1.76 bits per heavy atom. The standard InChI is InChI=1S/C14H30O3/c1-2-3-4-5-6-7-8-9-10-11-12-17-14(16)13-15/h14-16H,2-13H2,1H3. The van der Waals surface area contributed by atoms with Gasteiger partial charge in [0.25, 0.3) is 0 Å². The summed E-state index contributed by atoms with van der Waals surface area (Å²) >= 11 is 0. The predicted molar refractivity (Wildman–Crippen MR) is 70.9 cm³/mol. The van der Waals surface area contributed by atoms with Crippen LogP contribution < -0.4 is 0 Å². The second-order valence-electron chi connectivity index (χ2n) is 4.69. The fourth-order valence-electron chi connectivity index (χ4n) is 1.86. The Hall–Kier alpha value is -0.120. The molecule has 0 aliphatic carbocycles. The van der Waals surface area contributed by atoms with Crippen LogP contribution in [0.4, 0.5) is 0 Å². The van der Waals surface area contributed by atoms with Gasteiger partial charge in [-0.15, -0.1) is 0 Å². The number of hydrogen-bond donors (Lipinski definition) is 2. The van der Waals surface area contributed by atoms with Gasteiger partial charge >= 0.3 is 0 Å². The molecule has 1 atom stereocenters. The molecule has 17 heavy (non-hydrogen) atoms. The first kappa shape index (κ1) is 16.9. The number of aliphatic hydroxyl groups excluding tert-OH is 2. The highest BCUT2D eigenvalue weighted by molar-refractivity contribution is 4.47. The molecule has 0 rings (SSSR count). The van der Waals surface area contributed by atoms with Gasteiger partial charge in [0, 0.05) is 6.61 Å². The summed E-state index contributed by atoms with van der Waals surface area (Å²) in [5.74, 6) is 0. The first-order valence-electron chi connectivity index (χ1n) is 7.21. The Bertz CT molecular complexity index is 139. The monoisotopic (exact) mass is 246 g/mol. The second kappa shape index (κ2) is 13.9. The van der Waals surface area contributed by atoms with E-state index in [1.54, 1.807) is 0 Å². The third-order valence-corrected chi connectivity index (χ3v) is 2.96. The Kier molecular flexibility index (Phi) is 13.8. The van der Waals surface area contributed by atoms with Crippen LogP contribution in [0.25, 0.3) is 0 Å². The van der Waals surface area contributed by atoms with E-state index in [2.05, 4.69) is 6.92 Å². The number of ether oxygens (including phenoxy) is 1. The fraction of sp³-hybridized carbons (Fsp3) is 1.00. The molecular formula is C14H30O3. The minimum Gasteiger partial charge on any atom is -0.391 e. The summed E-state index contributed by atoms with van der Waals surface area (Å²) < 4.78 is 4.97. The average molecular weight is 246 g/mol. The van der Waals surface area contributed by atoms with Crippen molar-refractivity contribution in [2.75, 3.05) is 13.2 Å². The van der Waals surface area contributed by atoms with E-state index in [-0.39, 0.29) is 6.61 Å². The topological polar surface area (TPSA) is 49.7 Å². The molecular weight excluding hydrogens is 216 g/mol. The van der Waals surface area contributed by atoms with Gasteiger partial charge in [0.05, 0.1) is 6.61 Å². The third-order valence-electron chi connectivity index (χ3n) is 2.96. The molecule has 3 heteroatoms. The van der Waals surface area contributed by atoms with Gasteiger partial charge in [-0.25, -0.2) is 0 Å². The molecule has 0 fully saturated rings. The van der Waals surface area contributed by atoms with Crippen LogP contribution in [0.3, 0.4) is 0 Å². The van der Waals surface area contributed by atoms with Gasteiger partial charge in [0.15, 0.2) is 6.29 Å². The third kappa shape index (κ3) is 13.8. The fourth-order valence-corrected chi connectivity index (χ4v) is 1.86. The van der Waals surface area contributed by atoms with E-state index < -0.39 is 6.29 Å². The van der Waals surface area contributed by atoms with Gasteiger partial charge in [0.1, 0.15) is 0 Å². The molecule has 0 heterocycles. The molecule has 0 radical (unpaired) electrons. The highest BCUT2D eigenvalue weighted by Crippen LogP contribution is 2.10. The SMILES string of the molecule is CCCCCCCCCCCCOC(O)CO. The zero-order valence-electron chi connectivity index (χ0n) is 11.4. The van der Waals surface area contributed by atoms with E-state index in [0.29, 0.717) is 6.61 Å². The normalized spacial score (nSPS) is 12.9. The zero-order chi connectivity index (χ0) is 12.8. The zero-order valence-corrected chi connectivity index (χ0v) is 11.4. The van der Waals surface area contributed by atoms with Gasteiger partial charge in [-0.2, -0.15) is 0 Å². The Labute approximate surface area is 106 Å². The van der Waals surface area contributed by atoms with Crippen LogP contribution in [0.1, 0.15) is 71.1 Å². The van der Waals surface area contributed by atoms with Crippen LogP contribution in [0.5, 0.6) is 0 Å². The van der Waals surface area contributed by atoms with E-state index in [4.69, 9.17) is 14.9 Å². The van der Waals surface area contributed by atoms with Gasteiger partial charge in [0.2, 0.25) is 0 Å². The van der Waals surface area contributed by atoms with Gasteiger partial charge in [-0.3, -0.25) is 0 Å². The molecule has 0 saturated heterocycles. The summed E-state index contributed by atoms with van der Waals surface area (Å²) in [6.45, 7) is 2.49. The predicted octanol–water partition coefficient (Wildman–Crippen LogP) is 3.23. The van der Waals surface area contributed by atoms with E-state index in [1.165, 1.54) is 51.4 Å². The van der Waals surface area contributed by atoms with Crippen molar-refractivity contribution < 1.29 is 14.9 Å². The van der Waals surface area contributed by atoms with Crippen molar-refractivity contribution in [1.29, 1.82) is 0 Å². The van der Waals surface area contributed by atoms with Gasteiger partial charge < -0.3 is 14.9 Å². The highest BCUT2D eigenvalue weighted by atomic mass is 16.6. The Morgan fingerprint density at radius 2 is 1.29 bits per heavy atom. The van der Waals surface area contributed by atoms with Crippen molar-refractivity contribution in [3.63, 3.8) is 0 Å². The maximum absolute atomic E-state index is 8.93. The molecule has 0 aromatic rings. The number of hydrogen-bond acceptors (Lipinski definition) is 3. The maximum Gasteiger partial charge on any atom is 0.177 e. The van der Waals surface area contributed by atoms with Crippen molar-refractivity contribution in [1.82, 2.24) is 0 Å². The lowest BCUT2D eigenvalue weighted by Crippen LogP contribution is -2.16. The number of rotatable bonds is 13. The van der Waals surface area contributed by atoms with E-state index in [9.17, 15) is 0 Å². The van der Waals surface area contributed by atoms with Crippen molar-refractivity contribution in [2.24, 2.45) is 0 Å². The van der Waals surface area contributed by atoms with Crippen LogP contribution in [0.2, 0.25) is 0 Å². The van der Waals surface area contributed by atoms with Crippen molar-refractivity contribution in [3.05, 3.63) is 0 Å². The second-order valence-corrected chi connectivity index (χ2v) is 4.69. The van der Waals surface area contributed by atoms with Crippen molar-refractivity contribution in [3.8, 4) is 0 Å². The Balaban J connectivity index is 2.94. The first-order valence-corrected chi connectivity index (χ1v) is 7.21.